The number of hydrogen-bond donors (Lipinski definition) is 2. The van der Waals surface area contributed by atoms with Crippen LogP contribution in [0.5, 0.6) is 5.75 Å². The monoisotopic (exact) mass is 731 g/mol. The number of halogens is 9. The van der Waals surface area contributed by atoms with Gasteiger partial charge < -0.3 is 19.9 Å². The summed E-state index contributed by atoms with van der Waals surface area (Å²) in [5.74, 6) is 1.61. The molecule has 0 aromatic heterocycles. The van der Waals surface area contributed by atoms with Crippen LogP contribution in [-0.2, 0) is 15.9 Å². The summed E-state index contributed by atoms with van der Waals surface area (Å²) in [5.41, 5.74) is -2.78. The maximum absolute atomic E-state index is 12.9. The third-order valence-corrected chi connectivity index (χ3v) is 9.53. The number of phenols is 1. The average Bonchev–Trinajstić information content (AvgIpc) is 3.37. The van der Waals surface area contributed by atoms with Crippen molar-refractivity contribution in [3.8, 4) is 5.75 Å². The van der Waals surface area contributed by atoms with Gasteiger partial charge in [-0.05, 0) is 91.9 Å². The SMILES string of the molecule is C=C/C=C\C(=C)C.CC.CC.CC12CCC3c4ccc(O)cc4CCC3C1CCC2OCCNCCOC(C(F)(F)F)(C(F)(F)F)C(F)(F)F. The van der Waals surface area contributed by atoms with Crippen molar-refractivity contribution >= 4 is 0 Å². The van der Waals surface area contributed by atoms with Crippen LogP contribution >= 0.6 is 0 Å². The summed E-state index contributed by atoms with van der Waals surface area (Å²) in [6.07, 6.45) is -9.15. The average molecular weight is 732 g/mol. The van der Waals surface area contributed by atoms with Gasteiger partial charge in [-0.15, -0.1) is 0 Å². The van der Waals surface area contributed by atoms with Crippen molar-refractivity contribution in [1.29, 1.82) is 0 Å². The van der Waals surface area contributed by atoms with Crippen LogP contribution in [-0.4, -0.2) is 61.6 Å². The zero-order valence-electron chi connectivity index (χ0n) is 29.9. The predicted molar refractivity (Wildman–Crippen MR) is 179 cm³/mol. The third kappa shape index (κ3) is 10.5. The lowest BCUT2D eigenvalue weighted by molar-refractivity contribution is -0.457. The minimum absolute atomic E-state index is 0.0284. The van der Waals surface area contributed by atoms with E-state index in [1.807, 2.05) is 58.9 Å². The fourth-order valence-electron chi connectivity index (χ4n) is 7.43. The molecule has 0 radical (unpaired) electrons. The Kier molecular flexibility index (Phi) is 17.6. The first kappa shape index (κ1) is 45.5. The molecule has 2 fully saturated rings. The number of aryl methyl sites for hydroxylation is 1. The Morgan fingerprint density at radius 1 is 0.920 bits per heavy atom. The van der Waals surface area contributed by atoms with E-state index in [1.165, 1.54) is 11.1 Å². The van der Waals surface area contributed by atoms with Crippen LogP contribution in [0.2, 0.25) is 0 Å². The maximum Gasteiger partial charge on any atom is 0.435 e. The van der Waals surface area contributed by atoms with Crippen molar-refractivity contribution < 1.29 is 54.1 Å². The van der Waals surface area contributed by atoms with Gasteiger partial charge in [0.05, 0.1) is 19.3 Å². The number of benzene rings is 1. The second-order valence-electron chi connectivity index (χ2n) is 12.5. The largest absolute Gasteiger partial charge is 0.508 e. The lowest BCUT2D eigenvalue weighted by Gasteiger charge is -2.50. The van der Waals surface area contributed by atoms with E-state index in [-0.39, 0.29) is 30.4 Å². The van der Waals surface area contributed by atoms with Crippen LogP contribution in [0.1, 0.15) is 90.7 Å². The molecule has 5 atom stereocenters. The highest BCUT2D eigenvalue weighted by molar-refractivity contribution is 5.40. The number of rotatable bonds is 10. The minimum atomic E-state index is -6.73. The zero-order valence-corrected chi connectivity index (χ0v) is 29.9. The summed E-state index contributed by atoms with van der Waals surface area (Å²) in [5, 5.41) is 12.3. The number of allylic oxidation sites excluding steroid dienone is 4. The molecule has 13 heteroatoms. The van der Waals surface area contributed by atoms with E-state index in [9.17, 15) is 44.6 Å². The molecule has 1 aromatic rings. The van der Waals surface area contributed by atoms with Gasteiger partial charge in [0.2, 0.25) is 0 Å². The van der Waals surface area contributed by atoms with Crippen molar-refractivity contribution in [1.82, 2.24) is 5.32 Å². The molecule has 4 rings (SSSR count). The fourth-order valence-corrected chi connectivity index (χ4v) is 7.43. The molecule has 4 nitrogen and oxygen atoms in total. The maximum atomic E-state index is 12.9. The van der Waals surface area contributed by atoms with Gasteiger partial charge in [-0.2, -0.15) is 39.5 Å². The first-order valence-corrected chi connectivity index (χ1v) is 17.2. The van der Waals surface area contributed by atoms with E-state index >= 15 is 0 Å². The molecule has 0 spiro atoms. The Labute approximate surface area is 291 Å². The second kappa shape index (κ2) is 19.4. The highest BCUT2D eigenvalue weighted by atomic mass is 19.4. The first-order chi connectivity index (χ1) is 23.3. The van der Waals surface area contributed by atoms with Crippen LogP contribution in [0.15, 0.2) is 55.2 Å². The van der Waals surface area contributed by atoms with Gasteiger partial charge >= 0.3 is 24.1 Å². The number of ether oxygens (including phenoxy) is 2. The van der Waals surface area contributed by atoms with Gasteiger partial charge in [0.15, 0.2) is 0 Å². The standard InChI is InChI=1S/C26H32F9NO3.C7H10.2C2H6/c1-22-9-8-18-17-5-3-16(37)14-15(17)2-4-19(18)20(22)6-7-21(22)38-12-10-36-11-13-39-23(24(27,28)29,25(30,31)32)26(33,34)35;1-4-5-6-7(2)3;2*1-2/h3,5,14,18-21,36-37H,2,4,6-13H2,1H3;4-6H,1-2H2,3H3;2*1-2H3/b;6-5-;;. The molecule has 0 aliphatic heterocycles. The molecule has 0 heterocycles. The summed E-state index contributed by atoms with van der Waals surface area (Å²) in [4.78, 5) is 0. The summed E-state index contributed by atoms with van der Waals surface area (Å²) in [7, 11) is 0. The van der Waals surface area contributed by atoms with Crippen molar-refractivity contribution in [3.63, 3.8) is 0 Å². The molecule has 0 bridgehead atoms. The topological polar surface area (TPSA) is 50.7 Å². The van der Waals surface area contributed by atoms with Gasteiger partial charge in [-0.1, -0.05) is 77.6 Å². The number of nitrogens with one attached hydrogen (secondary N) is 1. The molecule has 288 valence electrons. The molecule has 3 aliphatic rings. The Morgan fingerprint density at radius 2 is 1.50 bits per heavy atom. The molecule has 2 N–H and O–H groups in total. The highest BCUT2D eigenvalue weighted by Gasteiger charge is 2.85. The molecule has 3 aliphatic carbocycles. The molecule has 2 saturated carbocycles. The molecule has 0 saturated heterocycles. The van der Waals surface area contributed by atoms with Crippen LogP contribution in [0, 0.1) is 17.3 Å². The van der Waals surface area contributed by atoms with Gasteiger partial charge in [-0.25, -0.2) is 0 Å². The van der Waals surface area contributed by atoms with Gasteiger partial charge in [0.25, 0.3) is 0 Å². The Morgan fingerprint density at radius 3 is 2.02 bits per heavy atom. The van der Waals surface area contributed by atoms with Crippen molar-refractivity contribution in [2.24, 2.45) is 17.3 Å². The number of fused-ring (bicyclic) bond motifs is 5. The number of alkyl halides is 9. The zero-order chi connectivity index (χ0) is 38.6. The van der Waals surface area contributed by atoms with Gasteiger partial charge in [-0.3, -0.25) is 0 Å². The van der Waals surface area contributed by atoms with E-state index in [2.05, 4.69) is 30.1 Å². The minimum Gasteiger partial charge on any atom is -0.508 e. The molecular formula is C37H54F9NO3. The quantitative estimate of drug-likeness (QED) is 0.143. The van der Waals surface area contributed by atoms with Crippen molar-refractivity contribution in [3.05, 3.63) is 66.3 Å². The van der Waals surface area contributed by atoms with E-state index in [1.54, 1.807) is 12.1 Å². The molecule has 0 amide bonds. The van der Waals surface area contributed by atoms with Crippen molar-refractivity contribution in [2.45, 2.75) is 116 Å². The molecule has 50 heavy (non-hydrogen) atoms. The number of aromatic hydroxyl groups is 1. The van der Waals surface area contributed by atoms with Crippen LogP contribution in [0.4, 0.5) is 39.5 Å². The molecule has 5 unspecified atom stereocenters. The van der Waals surface area contributed by atoms with Crippen LogP contribution in [0.3, 0.4) is 0 Å². The van der Waals surface area contributed by atoms with Gasteiger partial charge in [0, 0.05) is 13.1 Å². The summed E-state index contributed by atoms with van der Waals surface area (Å²) >= 11 is 0. The van der Waals surface area contributed by atoms with Crippen LogP contribution in [0.25, 0.3) is 0 Å². The Bertz CT molecular complexity index is 1190. The smallest absolute Gasteiger partial charge is 0.435 e. The normalized spacial score (nSPS) is 24.6. The van der Waals surface area contributed by atoms with Crippen LogP contribution < -0.4 is 5.32 Å². The Balaban J connectivity index is 0.000001000. The lowest BCUT2D eigenvalue weighted by atomic mass is 9.55. The van der Waals surface area contributed by atoms with E-state index in [0.29, 0.717) is 17.8 Å². The third-order valence-electron chi connectivity index (χ3n) is 9.53. The number of phenolic OH excluding ortho intramolecular Hbond substituents is 1. The molecule has 1 aromatic carbocycles. The van der Waals surface area contributed by atoms with Crippen molar-refractivity contribution in [2.75, 3.05) is 26.3 Å². The van der Waals surface area contributed by atoms with Gasteiger partial charge in [0.1, 0.15) is 5.75 Å². The molecular weight excluding hydrogens is 677 g/mol. The lowest BCUT2D eigenvalue weighted by Crippen LogP contribution is -2.68. The summed E-state index contributed by atoms with van der Waals surface area (Å²) in [6, 6.07) is 5.58. The van der Waals surface area contributed by atoms with E-state index in [4.69, 9.17) is 4.74 Å². The van der Waals surface area contributed by atoms with E-state index < -0.39 is 37.3 Å². The van der Waals surface area contributed by atoms with E-state index in [0.717, 1.165) is 44.1 Å². The fraction of sp³-hybridized carbons (Fsp3) is 0.676. The predicted octanol–water partition coefficient (Wildman–Crippen LogP) is 11.0. The first-order valence-electron chi connectivity index (χ1n) is 17.2. The highest BCUT2D eigenvalue weighted by Crippen LogP contribution is 2.61. The summed E-state index contributed by atoms with van der Waals surface area (Å²) < 4.78 is 126. The second-order valence-corrected chi connectivity index (χ2v) is 12.5. The number of hydrogen-bond acceptors (Lipinski definition) is 4. The summed E-state index contributed by atoms with van der Waals surface area (Å²) in [6.45, 7) is 17.3. The Hall–Kier alpha value is -2.51.